The highest BCUT2D eigenvalue weighted by Gasteiger charge is 2.37. The van der Waals surface area contributed by atoms with Crippen molar-refractivity contribution in [3.8, 4) is 10.4 Å². The van der Waals surface area contributed by atoms with E-state index in [1.54, 1.807) is 16.2 Å². The molecule has 4 N–H and O–H groups in total. The number of aryl methyl sites for hydroxylation is 1. The van der Waals surface area contributed by atoms with Gasteiger partial charge in [0.05, 0.1) is 28.2 Å². The monoisotopic (exact) mass is 430 g/mol. The van der Waals surface area contributed by atoms with E-state index in [1.165, 1.54) is 0 Å². The Kier molecular flexibility index (Phi) is 7.23. The lowest BCUT2D eigenvalue weighted by Crippen LogP contribution is -2.49. The van der Waals surface area contributed by atoms with Crippen LogP contribution in [0.4, 0.5) is 0 Å². The summed E-state index contributed by atoms with van der Waals surface area (Å²) in [7, 11) is 0. The number of hydrogen-bond acceptors (Lipinski definition) is 6. The minimum absolute atomic E-state index is 0.00133. The molecule has 1 aromatic carbocycles. The average Bonchev–Trinajstić information content (AvgIpc) is 3.30. The number of benzene rings is 1. The number of aromatic nitrogens is 1. The first-order valence-corrected chi connectivity index (χ1v) is 11.1. The fourth-order valence-corrected chi connectivity index (χ4v) is 4.48. The van der Waals surface area contributed by atoms with Crippen LogP contribution in [-0.2, 0) is 16.1 Å². The van der Waals surface area contributed by atoms with Crippen molar-refractivity contribution in [2.75, 3.05) is 6.54 Å². The van der Waals surface area contributed by atoms with E-state index in [0.717, 1.165) is 21.7 Å². The summed E-state index contributed by atoms with van der Waals surface area (Å²) >= 11 is 1.61. The molecule has 2 aromatic rings. The van der Waals surface area contributed by atoms with Crippen LogP contribution in [0, 0.1) is 12.8 Å². The molecular weight excluding hydrogens is 400 g/mol. The second kappa shape index (κ2) is 9.68. The molecule has 3 rings (SSSR count). The number of carbonyl (C=O) groups excluding carboxylic acids is 2. The Hall–Kier alpha value is -2.29. The third-order valence-corrected chi connectivity index (χ3v) is 6.53. The molecule has 2 amide bonds. The zero-order valence-electron chi connectivity index (χ0n) is 17.7. The maximum atomic E-state index is 12.6. The lowest BCUT2D eigenvalue weighted by atomic mass is 10.0. The van der Waals surface area contributed by atoms with Crippen molar-refractivity contribution in [3.63, 3.8) is 0 Å². The van der Waals surface area contributed by atoms with Gasteiger partial charge in [0.15, 0.2) is 0 Å². The zero-order valence-corrected chi connectivity index (χ0v) is 18.5. The Labute approximate surface area is 181 Å². The van der Waals surface area contributed by atoms with E-state index >= 15 is 0 Å². The molecule has 7 nitrogen and oxygen atoms in total. The van der Waals surface area contributed by atoms with Gasteiger partial charge in [-0.25, -0.2) is 4.98 Å². The highest BCUT2D eigenvalue weighted by molar-refractivity contribution is 7.13. The molecule has 0 aliphatic carbocycles. The summed E-state index contributed by atoms with van der Waals surface area (Å²) in [6, 6.07) is 7.10. The number of likely N-dealkylation sites (tertiary alicyclic amines) is 1. The molecule has 1 aliphatic rings. The summed E-state index contributed by atoms with van der Waals surface area (Å²) in [6.07, 6.45) is -0.0626. The molecule has 0 bridgehead atoms. The van der Waals surface area contributed by atoms with Gasteiger partial charge in [0.25, 0.3) is 0 Å². The van der Waals surface area contributed by atoms with Gasteiger partial charge in [-0.15, -0.1) is 11.3 Å². The van der Waals surface area contributed by atoms with Crippen LogP contribution in [0.25, 0.3) is 10.4 Å². The van der Waals surface area contributed by atoms with Crippen molar-refractivity contribution in [2.24, 2.45) is 11.7 Å². The molecule has 8 heteroatoms. The van der Waals surface area contributed by atoms with Gasteiger partial charge in [-0.1, -0.05) is 38.1 Å². The van der Waals surface area contributed by atoms with Gasteiger partial charge in [0, 0.05) is 25.6 Å². The first kappa shape index (κ1) is 22.4. The number of aliphatic hydroxyl groups is 1. The third-order valence-electron chi connectivity index (χ3n) is 5.55. The van der Waals surface area contributed by atoms with Crippen LogP contribution < -0.4 is 11.1 Å². The number of thiazole rings is 1. The maximum absolute atomic E-state index is 12.6. The first-order valence-electron chi connectivity index (χ1n) is 10.3. The Morgan fingerprint density at radius 2 is 2.03 bits per heavy atom. The van der Waals surface area contributed by atoms with E-state index < -0.39 is 12.1 Å². The van der Waals surface area contributed by atoms with E-state index in [-0.39, 0.29) is 36.7 Å². The quantitative estimate of drug-likeness (QED) is 0.623. The summed E-state index contributed by atoms with van der Waals surface area (Å²) < 4.78 is 0. The predicted octanol–water partition coefficient (Wildman–Crippen LogP) is 2.07. The number of nitrogens with zero attached hydrogens (tertiary/aromatic N) is 2. The van der Waals surface area contributed by atoms with Crippen molar-refractivity contribution < 1.29 is 14.7 Å². The number of carbonyl (C=O) groups is 2. The van der Waals surface area contributed by atoms with Crippen LogP contribution in [0.3, 0.4) is 0 Å². The van der Waals surface area contributed by atoms with Gasteiger partial charge in [-0.05, 0) is 30.4 Å². The Morgan fingerprint density at radius 1 is 1.33 bits per heavy atom. The minimum atomic E-state index is -0.624. The van der Waals surface area contributed by atoms with Crippen LogP contribution in [0.5, 0.6) is 0 Å². The Morgan fingerprint density at radius 3 is 2.63 bits per heavy atom. The molecule has 0 saturated carbocycles. The normalized spacial score (nSPS) is 19.9. The van der Waals surface area contributed by atoms with Gasteiger partial charge in [-0.3, -0.25) is 9.59 Å². The maximum Gasteiger partial charge on any atom is 0.240 e. The fraction of sp³-hybridized carbons (Fsp3) is 0.500. The van der Waals surface area contributed by atoms with Gasteiger partial charge in [0.1, 0.15) is 0 Å². The number of rotatable bonds is 7. The molecule has 3 atom stereocenters. The summed E-state index contributed by atoms with van der Waals surface area (Å²) in [5, 5.41) is 12.9. The van der Waals surface area contributed by atoms with Crippen molar-refractivity contribution >= 4 is 23.2 Å². The highest BCUT2D eigenvalue weighted by Crippen LogP contribution is 2.27. The topological polar surface area (TPSA) is 109 Å². The number of hydrogen-bond donors (Lipinski definition) is 3. The van der Waals surface area contributed by atoms with Crippen LogP contribution in [0.2, 0.25) is 0 Å². The Bertz CT molecular complexity index is 881. The van der Waals surface area contributed by atoms with Crippen LogP contribution in [0.1, 0.15) is 37.9 Å². The largest absolute Gasteiger partial charge is 0.391 e. The molecule has 1 fully saturated rings. The van der Waals surface area contributed by atoms with E-state index in [4.69, 9.17) is 5.73 Å². The first-order chi connectivity index (χ1) is 14.3. The second-order valence-electron chi connectivity index (χ2n) is 8.25. The molecule has 30 heavy (non-hydrogen) atoms. The molecule has 1 saturated heterocycles. The average molecular weight is 431 g/mol. The molecule has 0 radical (unpaired) electrons. The Balaban J connectivity index is 1.54. The van der Waals surface area contributed by atoms with Crippen molar-refractivity contribution in [1.29, 1.82) is 0 Å². The molecule has 1 aromatic heterocycles. The zero-order chi connectivity index (χ0) is 21.8. The van der Waals surface area contributed by atoms with E-state index in [0.29, 0.717) is 13.0 Å². The smallest absolute Gasteiger partial charge is 0.240 e. The van der Waals surface area contributed by atoms with Crippen molar-refractivity contribution in [2.45, 2.75) is 58.3 Å². The summed E-state index contributed by atoms with van der Waals surface area (Å²) in [6.45, 7) is 6.41. The van der Waals surface area contributed by atoms with Gasteiger partial charge in [0.2, 0.25) is 11.8 Å². The number of nitrogens with two attached hydrogens (primary N) is 1. The molecule has 162 valence electrons. The van der Waals surface area contributed by atoms with Crippen molar-refractivity contribution in [3.05, 3.63) is 41.0 Å². The molecule has 2 heterocycles. The van der Waals surface area contributed by atoms with E-state index in [1.807, 2.05) is 50.5 Å². The standard InChI is InChI=1S/C22H30N4O3S/c1-13(2)20(23)22(29)26-11-18(27)8-17(26)9-19(28)24-10-15-4-6-16(7-5-15)21-14(3)25-12-30-21/h4-7,12-13,17-18,20,27H,8-11,23H2,1-3H3,(H,24,28)/t17-,18-,20+/m1/s1. The number of aliphatic hydroxyl groups excluding tert-OH is 1. The van der Waals surface area contributed by atoms with Gasteiger partial charge >= 0.3 is 0 Å². The second-order valence-corrected chi connectivity index (χ2v) is 9.10. The molecular formula is C22H30N4O3S. The lowest BCUT2D eigenvalue weighted by Gasteiger charge is -2.28. The van der Waals surface area contributed by atoms with Crippen LogP contribution in [-0.4, -0.2) is 51.5 Å². The number of amides is 2. The molecule has 0 unspecified atom stereocenters. The fourth-order valence-electron chi connectivity index (χ4n) is 3.67. The summed E-state index contributed by atoms with van der Waals surface area (Å²) in [5.41, 5.74) is 10.9. The minimum Gasteiger partial charge on any atom is -0.391 e. The van der Waals surface area contributed by atoms with Gasteiger partial charge < -0.3 is 21.1 Å². The third kappa shape index (κ3) is 5.24. The SMILES string of the molecule is Cc1ncsc1-c1ccc(CNC(=O)C[C@H]2C[C@@H](O)CN2C(=O)[C@@H](N)C(C)C)cc1. The summed E-state index contributed by atoms with van der Waals surface area (Å²) in [5.74, 6) is -0.345. The predicted molar refractivity (Wildman–Crippen MR) is 118 cm³/mol. The van der Waals surface area contributed by atoms with Gasteiger partial charge in [-0.2, -0.15) is 0 Å². The number of β-amino-alcohol motifs (C(OH)–C–C–N with tert-alkyl or cyclic N) is 1. The molecule has 0 spiro atoms. The highest BCUT2D eigenvalue weighted by atomic mass is 32.1. The molecule has 1 aliphatic heterocycles. The van der Waals surface area contributed by atoms with E-state index in [9.17, 15) is 14.7 Å². The van der Waals surface area contributed by atoms with Crippen LogP contribution >= 0.6 is 11.3 Å². The van der Waals surface area contributed by atoms with Crippen LogP contribution in [0.15, 0.2) is 29.8 Å². The number of nitrogens with one attached hydrogen (secondary N) is 1. The lowest BCUT2D eigenvalue weighted by molar-refractivity contribution is -0.135. The van der Waals surface area contributed by atoms with E-state index in [2.05, 4.69) is 10.3 Å². The van der Waals surface area contributed by atoms with Crippen molar-refractivity contribution in [1.82, 2.24) is 15.2 Å². The summed E-state index contributed by atoms with van der Waals surface area (Å²) in [4.78, 5) is 32.1.